The van der Waals surface area contributed by atoms with Crippen LogP contribution in [0.4, 0.5) is 0 Å². The molecule has 1 fully saturated rings. The highest BCUT2D eigenvalue weighted by Gasteiger charge is 2.15. The molecule has 16 heavy (non-hydrogen) atoms. The Morgan fingerprint density at radius 3 is 2.56 bits per heavy atom. The zero-order valence-corrected chi connectivity index (χ0v) is 9.85. The maximum atomic E-state index is 5.36. The van der Waals surface area contributed by atoms with E-state index in [2.05, 4.69) is 29.0 Å². The molecule has 0 aromatic heterocycles. The molecule has 0 atom stereocenters. The molecule has 0 amide bonds. The van der Waals surface area contributed by atoms with Crippen LogP contribution in [0.1, 0.15) is 5.56 Å². The third-order valence-electron chi connectivity index (χ3n) is 3.05. The van der Waals surface area contributed by atoms with Gasteiger partial charge < -0.3 is 4.74 Å². The van der Waals surface area contributed by atoms with Crippen LogP contribution in [0, 0.1) is 7.05 Å². The molecule has 0 bridgehead atoms. The number of para-hydroxylation sites is 1. The molecule has 0 N–H and O–H groups in total. The Morgan fingerprint density at radius 2 is 1.88 bits per heavy atom. The minimum atomic E-state index is 0.970. The first kappa shape index (κ1) is 11.4. The molecule has 3 nitrogen and oxygen atoms in total. The van der Waals surface area contributed by atoms with Crippen molar-refractivity contribution in [3.63, 3.8) is 0 Å². The zero-order chi connectivity index (χ0) is 11.4. The summed E-state index contributed by atoms with van der Waals surface area (Å²) in [7, 11) is 5.68. The van der Waals surface area contributed by atoms with Gasteiger partial charge in [0.25, 0.3) is 0 Å². The highest BCUT2D eigenvalue weighted by atomic mass is 16.5. The van der Waals surface area contributed by atoms with Gasteiger partial charge in [0.2, 0.25) is 0 Å². The second-order valence-corrected chi connectivity index (χ2v) is 4.21. The number of hydrogen-bond acceptors (Lipinski definition) is 3. The summed E-state index contributed by atoms with van der Waals surface area (Å²) in [6.07, 6.45) is 0. The SMILES string of the molecule is [CH2]N1CCN(Cc2ccccc2OC)CC1. The van der Waals surface area contributed by atoms with Crippen LogP contribution in [0.25, 0.3) is 0 Å². The van der Waals surface area contributed by atoms with E-state index in [1.54, 1.807) is 7.11 Å². The highest BCUT2D eigenvalue weighted by Crippen LogP contribution is 2.19. The molecule has 1 aliphatic heterocycles. The summed E-state index contributed by atoms with van der Waals surface area (Å²) in [4.78, 5) is 4.57. The van der Waals surface area contributed by atoms with Gasteiger partial charge in [-0.1, -0.05) is 18.2 Å². The van der Waals surface area contributed by atoms with E-state index in [1.165, 1.54) is 5.56 Å². The van der Waals surface area contributed by atoms with Crippen LogP contribution in [0.15, 0.2) is 24.3 Å². The summed E-state index contributed by atoms with van der Waals surface area (Å²) in [6, 6.07) is 8.23. The monoisotopic (exact) mass is 219 g/mol. The number of hydrogen-bond donors (Lipinski definition) is 0. The van der Waals surface area contributed by atoms with E-state index < -0.39 is 0 Å². The van der Waals surface area contributed by atoms with Crippen molar-refractivity contribution in [3.05, 3.63) is 36.9 Å². The van der Waals surface area contributed by atoms with Gasteiger partial charge in [0.05, 0.1) is 7.11 Å². The third kappa shape index (κ3) is 2.74. The smallest absolute Gasteiger partial charge is 0.123 e. The van der Waals surface area contributed by atoms with Crippen LogP contribution in [0.3, 0.4) is 0 Å². The van der Waals surface area contributed by atoms with Crippen molar-refractivity contribution in [3.8, 4) is 5.75 Å². The van der Waals surface area contributed by atoms with Gasteiger partial charge in [0.1, 0.15) is 5.75 Å². The summed E-state index contributed by atoms with van der Waals surface area (Å²) >= 11 is 0. The predicted octanol–water partition coefficient (Wildman–Crippen LogP) is 1.60. The first-order valence-corrected chi connectivity index (χ1v) is 5.69. The first-order chi connectivity index (χ1) is 7.79. The minimum absolute atomic E-state index is 0.970. The lowest BCUT2D eigenvalue weighted by Crippen LogP contribution is -2.43. The van der Waals surface area contributed by atoms with Crippen molar-refractivity contribution >= 4 is 0 Å². The van der Waals surface area contributed by atoms with Gasteiger partial charge in [-0.2, -0.15) is 0 Å². The molecule has 1 radical (unpaired) electrons. The fraction of sp³-hybridized carbons (Fsp3) is 0.462. The van der Waals surface area contributed by atoms with E-state index in [-0.39, 0.29) is 0 Å². The number of rotatable bonds is 3. The van der Waals surface area contributed by atoms with Gasteiger partial charge in [-0.15, -0.1) is 0 Å². The average molecular weight is 219 g/mol. The molecule has 1 aromatic carbocycles. The quantitative estimate of drug-likeness (QED) is 0.768. The van der Waals surface area contributed by atoms with Crippen LogP contribution in [-0.2, 0) is 6.54 Å². The second kappa shape index (κ2) is 5.32. The molecular weight excluding hydrogens is 200 g/mol. The summed E-state index contributed by atoms with van der Waals surface area (Å²) in [5.74, 6) is 0.986. The first-order valence-electron chi connectivity index (χ1n) is 5.69. The van der Waals surface area contributed by atoms with E-state index in [9.17, 15) is 0 Å². The van der Waals surface area contributed by atoms with Crippen molar-refractivity contribution < 1.29 is 4.74 Å². The van der Waals surface area contributed by atoms with Crippen LogP contribution in [0.5, 0.6) is 5.75 Å². The molecule has 2 rings (SSSR count). The predicted molar refractivity (Wildman–Crippen MR) is 65.2 cm³/mol. The average Bonchev–Trinajstić information content (AvgIpc) is 2.33. The van der Waals surface area contributed by atoms with E-state index >= 15 is 0 Å². The Kier molecular flexibility index (Phi) is 3.80. The lowest BCUT2D eigenvalue weighted by Gasteiger charge is -2.32. The Hall–Kier alpha value is -1.06. The van der Waals surface area contributed by atoms with Crippen molar-refractivity contribution in [2.75, 3.05) is 33.3 Å². The largest absolute Gasteiger partial charge is 0.496 e. The standard InChI is InChI=1S/C13H19N2O/c1-14-7-9-15(10-8-14)11-12-5-3-4-6-13(12)16-2/h3-6H,1,7-11H2,2H3. The lowest BCUT2D eigenvalue weighted by atomic mass is 10.1. The number of benzene rings is 1. The van der Waals surface area contributed by atoms with E-state index in [0.717, 1.165) is 38.5 Å². The summed E-state index contributed by atoms with van der Waals surface area (Å²) in [5, 5.41) is 0. The zero-order valence-electron chi connectivity index (χ0n) is 9.85. The molecule has 0 unspecified atom stereocenters. The Labute approximate surface area is 97.6 Å². The molecule has 0 spiro atoms. The van der Waals surface area contributed by atoms with E-state index in [1.807, 2.05) is 12.1 Å². The molecule has 0 saturated carbocycles. The van der Waals surface area contributed by atoms with Crippen molar-refractivity contribution in [2.24, 2.45) is 0 Å². The van der Waals surface area contributed by atoms with Gasteiger partial charge in [-0.3, -0.25) is 9.80 Å². The Balaban J connectivity index is 1.98. The van der Waals surface area contributed by atoms with Gasteiger partial charge in [0.15, 0.2) is 0 Å². The van der Waals surface area contributed by atoms with Crippen LogP contribution < -0.4 is 4.74 Å². The topological polar surface area (TPSA) is 15.7 Å². The van der Waals surface area contributed by atoms with Crippen molar-refractivity contribution in [2.45, 2.75) is 6.54 Å². The molecular formula is C13H19N2O. The summed E-state index contributed by atoms with van der Waals surface area (Å²) < 4.78 is 5.36. The van der Waals surface area contributed by atoms with Gasteiger partial charge in [0, 0.05) is 45.3 Å². The molecule has 0 aliphatic carbocycles. The number of nitrogens with zero attached hydrogens (tertiary/aromatic N) is 2. The van der Waals surface area contributed by atoms with Gasteiger partial charge in [-0.25, -0.2) is 0 Å². The van der Waals surface area contributed by atoms with Gasteiger partial charge >= 0.3 is 0 Å². The maximum Gasteiger partial charge on any atom is 0.123 e. The molecule has 87 valence electrons. The fourth-order valence-corrected chi connectivity index (χ4v) is 2.02. The maximum absolute atomic E-state index is 5.36. The number of piperazine rings is 1. The van der Waals surface area contributed by atoms with Crippen LogP contribution >= 0.6 is 0 Å². The fourth-order valence-electron chi connectivity index (χ4n) is 2.02. The van der Waals surface area contributed by atoms with E-state index in [4.69, 9.17) is 4.74 Å². The van der Waals surface area contributed by atoms with Crippen molar-refractivity contribution in [1.29, 1.82) is 0 Å². The lowest BCUT2D eigenvalue weighted by molar-refractivity contribution is 0.159. The normalized spacial score (nSPS) is 18.6. The highest BCUT2D eigenvalue weighted by molar-refractivity contribution is 5.33. The van der Waals surface area contributed by atoms with Gasteiger partial charge in [-0.05, 0) is 6.07 Å². The second-order valence-electron chi connectivity index (χ2n) is 4.21. The Morgan fingerprint density at radius 1 is 1.19 bits per heavy atom. The molecule has 1 aliphatic rings. The molecule has 1 aromatic rings. The molecule has 1 heterocycles. The number of methoxy groups -OCH3 is 1. The van der Waals surface area contributed by atoms with Crippen LogP contribution in [0.2, 0.25) is 0 Å². The van der Waals surface area contributed by atoms with Crippen LogP contribution in [-0.4, -0.2) is 43.1 Å². The van der Waals surface area contributed by atoms with Crippen molar-refractivity contribution in [1.82, 2.24) is 9.80 Å². The summed E-state index contributed by atoms with van der Waals surface area (Å²) in [5.41, 5.74) is 1.27. The minimum Gasteiger partial charge on any atom is -0.496 e. The Bertz CT molecular complexity index is 332. The van der Waals surface area contributed by atoms with E-state index in [0.29, 0.717) is 0 Å². The third-order valence-corrected chi connectivity index (χ3v) is 3.05. The number of ether oxygens (including phenoxy) is 1. The summed E-state index contributed by atoms with van der Waals surface area (Å²) in [6.45, 7) is 5.24. The molecule has 3 heteroatoms. The molecule has 1 saturated heterocycles.